The van der Waals surface area contributed by atoms with Crippen LogP contribution in [-0.4, -0.2) is 78.4 Å². The van der Waals surface area contributed by atoms with E-state index in [4.69, 9.17) is 4.74 Å². The van der Waals surface area contributed by atoms with Crippen LogP contribution in [0.2, 0.25) is 0 Å². The Morgan fingerprint density at radius 2 is 1.66 bits per heavy atom. The monoisotopic (exact) mass is 442 g/mol. The topological polar surface area (TPSA) is 83.0 Å². The zero-order chi connectivity index (χ0) is 22.6. The smallest absolute Gasteiger partial charge is 0.315 e. The van der Waals surface area contributed by atoms with Crippen molar-refractivity contribution >= 4 is 23.5 Å². The maximum absolute atomic E-state index is 13.1. The Bertz CT molecular complexity index is 815. The van der Waals surface area contributed by atoms with Crippen LogP contribution in [0.25, 0.3) is 0 Å². The number of rotatable bonds is 5. The summed E-state index contributed by atoms with van der Waals surface area (Å²) < 4.78 is 4.86. The quantitative estimate of drug-likeness (QED) is 0.513. The standard InChI is InChI=1S/C24H34N4O4/c1-2-32-22(30)17-21(29)26-12-5-19(6-13-26)23(31)27-14-7-24(8-15-27)9-16-28(18-24)20-3-10-25-11-4-20/h3-4,10-11,19H,2,5-9,12-18H2,1H3. The molecule has 0 radical (unpaired) electrons. The van der Waals surface area contributed by atoms with Gasteiger partial charge in [-0.05, 0) is 56.6 Å². The van der Waals surface area contributed by atoms with E-state index in [-0.39, 0.29) is 30.8 Å². The number of carbonyl (C=O) groups is 3. The van der Waals surface area contributed by atoms with Gasteiger partial charge in [0.05, 0.1) is 6.61 Å². The summed E-state index contributed by atoms with van der Waals surface area (Å²) in [6, 6.07) is 4.14. The van der Waals surface area contributed by atoms with Crippen molar-refractivity contribution in [1.82, 2.24) is 14.8 Å². The number of nitrogens with zero attached hydrogens (tertiary/aromatic N) is 4. The van der Waals surface area contributed by atoms with E-state index in [1.165, 1.54) is 12.1 Å². The van der Waals surface area contributed by atoms with Gasteiger partial charge in [0.1, 0.15) is 6.42 Å². The fraction of sp³-hybridized carbons (Fsp3) is 0.667. The van der Waals surface area contributed by atoms with Gasteiger partial charge in [0.2, 0.25) is 11.8 Å². The van der Waals surface area contributed by atoms with E-state index in [0.717, 1.165) is 39.0 Å². The van der Waals surface area contributed by atoms with Gasteiger partial charge >= 0.3 is 5.97 Å². The Labute approximate surface area is 189 Å². The zero-order valence-corrected chi connectivity index (χ0v) is 19.0. The first kappa shape index (κ1) is 22.6. The second-order valence-corrected chi connectivity index (χ2v) is 9.34. The van der Waals surface area contributed by atoms with Gasteiger partial charge in [-0.3, -0.25) is 19.4 Å². The fourth-order valence-corrected chi connectivity index (χ4v) is 5.40. The molecule has 0 saturated carbocycles. The molecule has 174 valence electrons. The molecule has 0 N–H and O–H groups in total. The number of likely N-dealkylation sites (tertiary alicyclic amines) is 2. The number of piperidine rings is 2. The van der Waals surface area contributed by atoms with E-state index in [1.807, 2.05) is 17.3 Å². The van der Waals surface area contributed by atoms with Gasteiger partial charge in [0, 0.05) is 63.3 Å². The van der Waals surface area contributed by atoms with Crippen molar-refractivity contribution < 1.29 is 19.1 Å². The Morgan fingerprint density at radius 3 is 2.31 bits per heavy atom. The second kappa shape index (κ2) is 9.88. The van der Waals surface area contributed by atoms with Crippen molar-refractivity contribution in [1.29, 1.82) is 0 Å². The molecule has 0 atom stereocenters. The normalized spacial score (nSPS) is 21.1. The summed E-state index contributed by atoms with van der Waals surface area (Å²) in [7, 11) is 0. The van der Waals surface area contributed by atoms with Crippen LogP contribution in [0.4, 0.5) is 5.69 Å². The molecule has 3 aliphatic heterocycles. The number of hydrogen-bond acceptors (Lipinski definition) is 6. The highest BCUT2D eigenvalue weighted by Crippen LogP contribution is 2.42. The summed E-state index contributed by atoms with van der Waals surface area (Å²) in [5.74, 6) is -0.462. The minimum absolute atomic E-state index is 0.0208. The van der Waals surface area contributed by atoms with Gasteiger partial charge in [-0.25, -0.2) is 0 Å². The highest BCUT2D eigenvalue weighted by Gasteiger charge is 2.42. The zero-order valence-electron chi connectivity index (χ0n) is 19.0. The molecule has 3 saturated heterocycles. The maximum atomic E-state index is 13.1. The lowest BCUT2D eigenvalue weighted by Gasteiger charge is -2.41. The number of aromatic nitrogens is 1. The van der Waals surface area contributed by atoms with Crippen LogP contribution in [0.3, 0.4) is 0 Å². The highest BCUT2D eigenvalue weighted by molar-refractivity contribution is 5.94. The van der Waals surface area contributed by atoms with Crippen LogP contribution in [-0.2, 0) is 19.1 Å². The molecule has 32 heavy (non-hydrogen) atoms. The molecule has 0 unspecified atom stereocenters. The molecule has 1 aromatic rings. The summed E-state index contributed by atoms with van der Waals surface area (Å²) in [6.07, 6.45) is 8.11. The molecule has 8 heteroatoms. The largest absolute Gasteiger partial charge is 0.466 e. The summed E-state index contributed by atoms with van der Waals surface area (Å²) in [6.45, 7) is 6.85. The molecule has 0 aromatic carbocycles. The highest BCUT2D eigenvalue weighted by atomic mass is 16.5. The molecule has 8 nitrogen and oxygen atoms in total. The lowest BCUT2D eigenvalue weighted by Crippen LogP contribution is -2.49. The van der Waals surface area contributed by atoms with Gasteiger partial charge < -0.3 is 19.4 Å². The Kier molecular flexibility index (Phi) is 6.96. The number of pyridine rings is 1. The molecule has 4 heterocycles. The average Bonchev–Trinajstić information content (AvgIpc) is 3.23. The van der Waals surface area contributed by atoms with Crippen LogP contribution >= 0.6 is 0 Å². The molecule has 4 rings (SSSR count). The van der Waals surface area contributed by atoms with Gasteiger partial charge in [-0.2, -0.15) is 0 Å². The summed E-state index contributed by atoms with van der Waals surface area (Å²) >= 11 is 0. The molecule has 1 aromatic heterocycles. The van der Waals surface area contributed by atoms with Crippen molar-refractivity contribution in [2.45, 2.75) is 45.4 Å². The van der Waals surface area contributed by atoms with Crippen molar-refractivity contribution in [3.63, 3.8) is 0 Å². The molecule has 2 amide bonds. The van der Waals surface area contributed by atoms with Gasteiger partial charge in [-0.1, -0.05) is 0 Å². The lowest BCUT2D eigenvalue weighted by atomic mass is 9.77. The third-order valence-electron chi connectivity index (χ3n) is 7.40. The third-order valence-corrected chi connectivity index (χ3v) is 7.40. The molecular weight excluding hydrogens is 408 g/mol. The predicted molar refractivity (Wildman–Crippen MR) is 120 cm³/mol. The van der Waals surface area contributed by atoms with Crippen molar-refractivity contribution in [3.8, 4) is 0 Å². The van der Waals surface area contributed by atoms with E-state index < -0.39 is 5.97 Å². The van der Waals surface area contributed by atoms with E-state index in [1.54, 1.807) is 11.8 Å². The summed E-state index contributed by atoms with van der Waals surface area (Å²) in [5, 5.41) is 0. The number of ether oxygens (including phenoxy) is 1. The van der Waals surface area contributed by atoms with Gasteiger partial charge in [0.15, 0.2) is 0 Å². The first-order chi connectivity index (χ1) is 15.5. The average molecular weight is 443 g/mol. The molecule has 0 bridgehead atoms. The van der Waals surface area contributed by atoms with Crippen LogP contribution in [0.1, 0.15) is 45.4 Å². The lowest BCUT2D eigenvalue weighted by molar-refractivity contribution is -0.150. The predicted octanol–water partition coefficient (Wildman–Crippen LogP) is 2.09. The minimum atomic E-state index is -0.479. The Hall–Kier alpha value is -2.64. The third kappa shape index (κ3) is 5.05. The summed E-state index contributed by atoms with van der Waals surface area (Å²) in [4.78, 5) is 47.2. The van der Waals surface area contributed by atoms with E-state index in [2.05, 4.69) is 22.0 Å². The van der Waals surface area contributed by atoms with E-state index >= 15 is 0 Å². The number of amides is 2. The van der Waals surface area contributed by atoms with E-state index in [9.17, 15) is 14.4 Å². The van der Waals surface area contributed by atoms with Gasteiger partial charge in [-0.15, -0.1) is 0 Å². The van der Waals surface area contributed by atoms with Crippen LogP contribution in [0.15, 0.2) is 24.5 Å². The van der Waals surface area contributed by atoms with Crippen molar-refractivity contribution in [3.05, 3.63) is 24.5 Å². The molecule has 3 fully saturated rings. The number of esters is 1. The second-order valence-electron chi connectivity index (χ2n) is 9.34. The first-order valence-electron chi connectivity index (χ1n) is 11.9. The SMILES string of the molecule is CCOC(=O)CC(=O)N1CCC(C(=O)N2CCC3(CC2)CCN(c2ccncc2)C3)CC1. The van der Waals surface area contributed by atoms with Crippen LogP contribution in [0.5, 0.6) is 0 Å². The fourth-order valence-electron chi connectivity index (χ4n) is 5.40. The summed E-state index contributed by atoms with van der Waals surface area (Å²) in [5.41, 5.74) is 1.54. The molecule has 1 spiro atoms. The van der Waals surface area contributed by atoms with Crippen molar-refractivity contribution in [2.75, 3.05) is 50.8 Å². The van der Waals surface area contributed by atoms with Crippen LogP contribution in [0, 0.1) is 11.3 Å². The van der Waals surface area contributed by atoms with E-state index in [0.29, 0.717) is 31.3 Å². The number of anilines is 1. The maximum Gasteiger partial charge on any atom is 0.315 e. The first-order valence-corrected chi connectivity index (χ1v) is 11.9. The molecular formula is C24H34N4O4. The minimum Gasteiger partial charge on any atom is -0.466 e. The number of carbonyl (C=O) groups excluding carboxylic acids is 3. The van der Waals surface area contributed by atoms with Crippen molar-refractivity contribution in [2.24, 2.45) is 11.3 Å². The Morgan fingerprint density at radius 1 is 1.00 bits per heavy atom. The Balaban J connectivity index is 1.22. The molecule has 3 aliphatic rings. The van der Waals surface area contributed by atoms with Gasteiger partial charge in [0.25, 0.3) is 0 Å². The molecule has 0 aliphatic carbocycles. The van der Waals surface area contributed by atoms with Crippen LogP contribution < -0.4 is 4.90 Å². The number of hydrogen-bond donors (Lipinski definition) is 0.